The van der Waals surface area contributed by atoms with Crippen LogP contribution in [0.1, 0.15) is 29.3 Å². The average Bonchev–Trinajstić information content (AvgIpc) is 2.50. The molecule has 1 atom stereocenters. The summed E-state index contributed by atoms with van der Waals surface area (Å²) in [5.74, 6) is 0.0388. The summed E-state index contributed by atoms with van der Waals surface area (Å²) < 4.78 is 0. The highest BCUT2D eigenvalue weighted by molar-refractivity contribution is 9.09. The predicted molar refractivity (Wildman–Crippen MR) is 64.4 cm³/mol. The Labute approximate surface area is 96.8 Å². The second kappa shape index (κ2) is 5.51. The van der Waals surface area contributed by atoms with Crippen molar-refractivity contribution in [3.05, 3.63) is 21.9 Å². The molecule has 1 heterocycles. The molecule has 1 N–H and O–H groups in total. The summed E-state index contributed by atoms with van der Waals surface area (Å²) in [5, 5.41) is 6.77. The highest BCUT2D eigenvalue weighted by Crippen LogP contribution is 2.13. The molecular formula is C10H14BrNOS. The van der Waals surface area contributed by atoms with Gasteiger partial charge in [-0.3, -0.25) is 4.79 Å². The molecule has 2 nitrogen and oxygen atoms in total. The molecule has 1 aromatic rings. The lowest BCUT2D eigenvalue weighted by Gasteiger charge is -2.05. The number of rotatable bonds is 4. The molecule has 0 spiro atoms. The van der Waals surface area contributed by atoms with Gasteiger partial charge in [-0.05, 0) is 24.3 Å². The van der Waals surface area contributed by atoms with Gasteiger partial charge in [0.05, 0.1) is 5.56 Å². The van der Waals surface area contributed by atoms with Gasteiger partial charge in [0.2, 0.25) is 0 Å². The number of carbonyl (C=O) groups is 1. The molecule has 0 radical (unpaired) electrons. The van der Waals surface area contributed by atoms with E-state index >= 15 is 0 Å². The van der Waals surface area contributed by atoms with E-state index in [1.54, 1.807) is 11.3 Å². The number of alkyl halides is 1. The standard InChI is InChI=1S/C10H14BrNOS/c1-7-5-14-6-9(7)10(13)12-4-3-8(2)11/h5-6,8H,3-4H2,1-2H3,(H,12,13). The Morgan fingerprint density at radius 1 is 1.64 bits per heavy atom. The van der Waals surface area contributed by atoms with E-state index in [1.807, 2.05) is 17.7 Å². The van der Waals surface area contributed by atoms with Crippen LogP contribution in [0.15, 0.2) is 10.8 Å². The van der Waals surface area contributed by atoms with Gasteiger partial charge in [-0.2, -0.15) is 11.3 Å². The lowest BCUT2D eigenvalue weighted by atomic mass is 10.2. The SMILES string of the molecule is Cc1cscc1C(=O)NCCC(C)Br. The largest absolute Gasteiger partial charge is 0.352 e. The van der Waals surface area contributed by atoms with Crippen molar-refractivity contribution in [2.75, 3.05) is 6.54 Å². The second-order valence-electron chi connectivity index (χ2n) is 3.29. The quantitative estimate of drug-likeness (QED) is 0.842. The molecule has 0 saturated heterocycles. The van der Waals surface area contributed by atoms with Crippen molar-refractivity contribution in [1.82, 2.24) is 5.32 Å². The van der Waals surface area contributed by atoms with E-state index in [-0.39, 0.29) is 5.91 Å². The summed E-state index contributed by atoms with van der Waals surface area (Å²) in [6.07, 6.45) is 0.953. The predicted octanol–water partition coefficient (Wildman–Crippen LogP) is 2.96. The molecule has 0 aromatic carbocycles. The van der Waals surface area contributed by atoms with Crippen molar-refractivity contribution in [2.24, 2.45) is 0 Å². The molecule has 0 fully saturated rings. The van der Waals surface area contributed by atoms with E-state index < -0.39 is 0 Å². The molecule has 0 aliphatic rings. The highest BCUT2D eigenvalue weighted by atomic mass is 79.9. The van der Waals surface area contributed by atoms with Crippen LogP contribution in [0.5, 0.6) is 0 Å². The Hall–Kier alpha value is -0.350. The van der Waals surface area contributed by atoms with Crippen molar-refractivity contribution in [3.8, 4) is 0 Å². The van der Waals surface area contributed by atoms with Gasteiger partial charge in [0.15, 0.2) is 0 Å². The first-order valence-electron chi connectivity index (χ1n) is 4.56. The first-order valence-corrected chi connectivity index (χ1v) is 6.42. The molecule has 1 unspecified atom stereocenters. The number of thiophene rings is 1. The maximum absolute atomic E-state index is 11.6. The van der Waals surface area contributed by atoms with Gasteiger partial charge in [0.25, 0.3) is 5.91 Å². The lowest BCUT2D eigenvalue weighted by Crippen LogP contribution is -2.25. The average molecular weight is 276 g/mol. The zero-order valence-corrected chi connectivity index (χ0v) is 10.7. The molecular weight excluding hydrogens is 262 g/mol. The number of hydrogen-bond acceptors (Lipinski definition) is 2. The van der Waals surface area contributed by atoms with Crippen LogP contribution in [0.25, 0.3) is 0 Å². The Balaban J connectivity index is 2.40. The first-order chi connectivity index (χ1) is 6.61. The minimum absolute atomic E-state index is 0.0388. The molecule has 78 valence electrons. The Morgan fingerprint density at radius 2 is 2.36 bits per heavy atom. The zero-order chi connectivity index (χ0) is 10.6. The lowest BCUT2D eigenvalue weighted by molar-refractivity contribution is 0.0953. The number of halogens is 1. The van der Waals surface area contributed by atoms with Crippen LogP contribution in [0, 0.1) is 6.92 Å². The van der Waals surface area contributed by atoms with Gasteiger partial charge in [-0.15, -0.1) is 0 Å². The van der Waals surface area contributed by atoms with E-state index in [0.717, 1.165) is 24.1 Å². The van der Waals surface area contributed by atoms with E-state index in [2.05, 4.69) is 28.2 Å². The summed E-state index contributed by atoms with van der Waals surface area (Å²) in [5.41, 5.74) is 1.86. The van der Waals surface area contributed by atoms with Gasteiger partial charge >= 0.3 is 0 Å². The molecule has 1 aromatic heterocycles. The summed E-state index contributed by atoms with van der Waals surface area (Å²) >= 11 is 5.00. The van der Waals surface area contributed by atoms with E-state index in [1.165, 1.54) is 0 Å². The molecule has 0 aliphatic carbocycles. The highest BCUT2D eigenvalue weighted by Gasteiger charge is 2.08. The zero-order valence-electron chi connectivity index (χ0n) is 8.34. The molecule has 0 bridgehead atoms. The van der Waals surface area contributed by atoms with E-state index in [0.29, 0.717) is 4.83 Å². The van der Waals surface area contributed by atoms with Crippen molar-refractivity contribution in [3.63, 3.8) is 0 Å². The monoisotopic (exact) mass is 275 g/mol. The Kier molecular flexibility index (Phi) is 4.62. The smallest absolute Gasteiger partial charge is 0.252 e. The van der Waals surface area contributed by atoms with Crippen LogP contribution in [-0.4, -0.2) is 17.3 Å². The molecule has 1 rings (SSSR count). The third kappa shape index (κ3) is 3.42. The van der Waals surface area contributed by atoms with Crippen LogP contribution >= 0.6 is 27.3 Å². The van der Waals surface area contributed by atoms with Crippen molar-refractivity contribution >= 4 is 33.2 Å². The van der Waals surface area contributed by atoms with Crippen LogP contribution < -0.4 is 5.32 Å². The first kappa shape index (κ1) is 11.7. The van der Waals surface area contributed by atoms with Gasteiger partial charge in [0, 0.05) is 16.8 Å². The van der Waals surface area contributed by atoms with E-state index in [4.69, 9.17) is 0 Å². The fraction of sp³-hybridized carbons (Fsp3) is 0.500. The fourth-order valence-electron chi connectivity index (χ4n) is 1.07. The van der Waals surface area contributed by atoms with Crippen molar-refractivity contribution < 1.29 is 4.79 Å². The van der Waals surface area contributed by atoms with Crippen molar-refractivity contribution in [2.45, 2.75) is 25.1 Å². The van der Waals surface area contributed by atoms with Crippen LogP contribution in [-0.2, 0) is 0 Å². The summed E-state index contributed by atoms with van der Waals surface area (Å²) in [7, 11) is 0. The molecule has 0 aliphatic heterocycles. The summed E-state index contributed by atoms with van der Waals surface area (Å²) in [4.78, 5) is 12.0. The van der Waals surface area contributed by atoms with Crippen LogP contribution in [0.3, 0.4) is 0 Å². The Morgan fingerprint density at radius 3 is 2.86 bits per heavy atom. The summed E-state index contributed by atoms with van der Waals surface area (Å²) in [6.45, 7) is 4.75. The minimum Gasteiger partial charge on any atom is -0.352 e. The van der Waals surface area contributed by atoms with E-state index in [9.17, 15) is 4.79 Å². The fourth-order valence-corrected chi connectivity index (χ4v) is 2.13. The Bertz CT molecular complexity index is 309. The molecule has 0 saturated carbocycles. The van der Waals surface area contributed by atoms with Gasteiger partial charge in [0.1, 0.15) is 0 Å². The molecule has 1 amide bonds. The number of hydrogen-bond donors (Lipinski definition) is 1. The van der Waals surface area contributed by atoms with Gasteiger partial charge in [-0.25, -0.2) is 0 Å². The van der Waals surface area contributed by atoms with Gasteiger partial charge in [-0.1, -0.05) is 22.9 Å². The summed E-state index contributed by atoms with van der Waals surface area (Å²) in [6, 6.07) is 0. The number of aryl methyl sites for hydroxylation is 1. The molecule has 14 heavy (non-hydrogen) atoms. The van der Waals surface area contributed by atoms with Crippen LogP contribution in [0.2, 0.25) is 0 Å². The van der Waals surface area contributed by atoms with Crippen LogP contribution in [0.4, 0.5) is 0 Å². The third-order valence-electron chi connectivity index (χ3n) is 1.93. The normalized spacial score (nSPS) is 12.5. The maximum Gasteiger partial charge on any atom is 0.252 e. The number of carbonyl (C=O) groups excluding carboxylic acids is 1. The number of amides is 1. The third-order valence-corrected chi connectivity index (χ3v) is 3.25. The topological polar surface area (TPSA) is 29.1 Å². The maximum atomic E-state index is 11.6. The molecule has 4 heteroatoms. The minimum atomic E-state index is 0.0388. The van der Waals surface area contributed by atoms with Crippen molar-refractivity contribution in [1.29, 1.82) is 0 Å². The van der Waals surface area contributed by atoms with Gasteiger partial charge < -0.3 is 5.32 Å². The second-order valence-corrected chi connectivity index (χ2v) is 5.60. The number of nitrogens with one attached hydrogen (secondary N) is 1.